The minimum absolute atomic E-state index is 0.106. The second-order valence-electron chi connectivity index (χ2n) is 6.52. The Kier molecular flexibility index (Phi) is 7.71. The summed E-state index contributed by atoms with van der Waals surface area (Å²) < 4.78 is 40.5. The van der Waals surface area contributed by atoms with Gasteiger partial charge in [0.05, 0.1) is 16.3 Å². The highest BCUT2D eigenvalue weighted by molar-refractivity contribution is 6.33. The minimum atomic E-state index is -4.56. The molecule has 0 unspecified atom stereocenters. The fourth-order valence-electron chi connectivity index (χ4n) is 3.08. The number of pyridine rings is 1. The minimum Gasteiger partial charge on any atom is -0.351 e. The fraction of sp³-hybridized carbons (Fsp3) is 0.579. The summed E-state index contributed by atoms with van der Waals surface area (Å²) in [5.74, 6) is -0.442. The number of hydrogen-bond donors (Lipinski definition) is 1. The van der Waals surface area contributed by atoms with E-state index < -0.39 is 17.6 Å². The van der Waals surface area contributed by atoms with E-state index in [0.29, 0.717) is 18.7 Å². The molecule has 0 aliphatic rings. The quantitative estimate of drug-likeness (QED) is 0.613. The average Bonchev–Trinajstić information content (AvgIpc) is 3.03. The number of fused-ring (bicyclic) bond motifs is 1. The molecule has 0 fully saturated rings. The van der Waals surface area contributed by atoms with Gasteiger partial charge in [-0.25, -0.2) is 4.98 Å². The Labute approximate surface area is 167 Å². The number of unbranched alkanes of at least 4 members (excludes halogenated alkanes) is 1. The van der Waals surface area contributed by atoms with Crippen molar-refractivity contribution in [3.05, 3.63) is 34.2 Å². The van der Waals surface area contributed by atoms with E-state index in [1.54, 1.807) is 6.92 Å². The predicted molar refractivity (Wildman–Crippen MR) is 104 cm³/mol. The van der Waals surface area contributed by atoms with Crippen LogP contribution in [0.2, 0.25) is 5.02 Å². The van der Waals surface area contributed by atoms with Crippen molar-refractivity contribution in [2.45, 2.75) is 46.2 Å². The molecule has 0 saturated heterocycles. The van der Waals surface area contributed by atoms with Crippen molar-refractivity contribution in [1.82, 2.24) is 19.6 Å². The van der Waals surface area contributed by atoms with Crippen LogP contribution in [-0.4, -0.2) is 46.4 Å². The van der Waals surface area contributed by atoms with Crippen molar-refractivity contribution < 1.29 is 18.0 Å². The van der Waals surface area contributed by atoms with Gasteiger partial charge in [-0.3, -0.25) is 9.20 Å². The Morgan fingerprint density at radius 3 is 2.50 bits per heavy atom. The number of imidazole rings is 1. The lowest BCUT2D eigenvalue weighted by atomic mass is 10.2. The molecule has 1 amide bonds. The van der Waals surface area contributed by atoms with Crippen LogP contribution in [0.4, 0.5) is 13.2 Å². The monoisotopic (exact) mass is 418 g/mol. The number of halogens is 4. The lowest BCUT2D eigenvalue weighted by molar-refractivity contribution is -0.137. The molecular weight excluding hydrogens is 393 g/mol. The molecule has 0 bridgehead atoms. The van der Waals surface area contributed by atoms with Crippen LogP contribution in [0.25, 0.3) is 5.65 Å². The summed E-state index contributed by atoms with van der Waals surface area (Å²) in [5.41, 5.74) is -0.243. The van der Waals surface area contributed by atoms with Gasteiger partial charge in [-0.15, -0.1) is 0 Å². The van der Waals surface area contributed by atoms with Crippen LogP contribution in [0.15, 0.2) is 12.3 Å². The highest BCUT2D eigenvalue weighted by atomic mass is 35.5. The third-order valence-corrected chi connectivity index (χ3v) is 4.98. The molecule has 2 rings (SSSR count). The van der Waals surface area contributed by atoms with E-state index in [-0.39, 0.29) is 16.4 Å². The number of aryl methyl sites for hydroxylation is 1. The van der Waals surface area contributed by atoms with Crippen molar-refractivity contribution in [2.24, 2.45) is 0 Å². The number of rotatable bonds is 9. The van der Waals surface area contributed by atoms with Gasteiger partial charge in [-0.05, 0) is 45.0 Å². The van der Waals surface area contributed by atoms with Gasteiger partial charge in [0.15, 0.2) is 5.65 Å². The molecule has 0 saturated carbocycles. The molecule has 5 nitrogen and oxygen atoms in total. The predicted octanol–water partition coefficient (Wildman–Crippen LogP) is 4.42. The molecule has 28 heavy (non-hydrogen) atoms. The van der Waals surface area contributed by atoms with Crippen LogP contribution in [0, 0.1) is 0 Å². The van der Waals surface area contributed by atoms with E-state index in [0.717, 1.165) is 49.1 Å². The standard InChI is InChI=1S/C19H26ClF3N4O/c1-4-15-16(18(28)24-9-7-8-10-26(5-2)6-3)27-12-13(19(21,22)23)11-14(20)17(27)25-15/h11-12H,4-10H2,1-3H3,(H,24,28). The fourth-order valence-corrected chi connectivity index (χ4v) is 3.33. The second-order valence-corrected chi connectivity index (χ2v) is 6.93. The van der Waals surface area contributed by atoms with Gasteiger partial charge in [-0.1, -0.05) is 32.4 Å². The summed E-state index contributed by atoms with van der Waals surface area (Å²) in [6.45, 7) is 9.35. The van der Waals surface area contributed by atoms with Gasteiger partial charge in [0.1, 0.15) is 5.69 Å². The maximum absolute atomic E-state index is 13.1. The van der Waals surface area contributed by atoms with Crippen molar-refractivity contribution >= 4 is 23.2 Å². The Balaban J connectivity index is 2.18. The number of aromatic nitrogens is 2. The number of nitrogens with zero attached hydrogens (tertiary/aromatic N) is 3. The van der Waals surface area contributed by atoms with Gasteiger partial charge < -0.3 is 10.2 Å². The van der Waals surface area contributed by atoms with Crippen LogP contribution >= 0.6 is 11.6 Å². The first kappa shape index (κ1) is 22.5. The molecule has 0 spiro atoms. The number of nitrogens with one attached hydrogen (secondary N) is 1. The van der Waals surface area contributed by atoms with Gasteiger partial charge in [0.2, 0.25) is 0 Å². The normalized spacial score (nSPS) is 12.1. The Morgan fingerprint density at radius 2 is 1.93 bits per heavy atom. The lowest BCUT2D eigenvalue weighted by Crippen LogP contribution is -2.28. The summed E-state index contributed by atoms with van der Waals surface area (Å²) >= 11 is 6.00. The van der Waals surface area contributed by atoms with Crippen molar-refractivity contribution in [2.75, 3.05) is 26.2 Å². The Bertz CT molecular complexity index is 816. The maximum atomic E-state index is 13.1. The molecule has 156 valence electrons. The zero-order valence-corrected chi connectivity index (χ0v) is 17.1. The number of hydrogen-bond acceptors (Lipinski definition) is 3. The number of amides is 1. The summed E-state index contributed by atoms with van der Waals surface area (Å²) in [5, 5.41) is 2.66. The zero-order chi connectivity index (χ0) is 20.9. The van der Waals surface area contributed by atoms with E-state index in [4.69, 9.17) is 11.6 Å². The number of alkyl halides is 3. The summed E-state index contributed by atoms with van der Waals surface area (Å²) in [6, 6.07) is 0.832. The molecule has 9 heteroatoms. The van der Waals surface area contributed by atoms with Crippen LogP contribution < -0.4 is 5.32 Å². The highest BCUT2D eigenvalue weighted by Crippen LogP contribution is 2.33. The van der Waals surface area contributed by atoms with Crippen LogP contribution in [0.5, 0.6) is 0 Å². The number of carbonyl (C=O) groups is 1. The van der Waals surface area contributed by atoms with E-state index in [1.165, 1.54) is 0 Å². The molecule has 1 N–H and O–H groups in total. The molecule has 0 aliphatic carbocycles. The first-order chi connectivity index (χ1) is 13.2. The molecule has 2 aromatic rings. The summed E-state index contributed by atoms with van der Waals surface area (Å²) in [7, 11) is 0. The Morgan fingerprint density at radius 1 is 1.25 bits per heavy atom. The molecule has 2 heterocycles. The Hall–Kier alpha value is -1.80. The lowest BCUT2D eigenvalue weighted by Gasteiger charge is -2.17. The van der Waals surface area contributed by atoms with Crippen LogP contribution in [-0.2, 0) is 12.6 Å². The molecule has 0 aromatic carbocycles. The molecule has 0 radical (unpaired) electrons. The first-order valence-electron chi connectivity index (χ1n) is 9.51. The third kappa shape index (κ3) is 5.17. The van der Waals surface area contributed by atoms with E-state index in [2.05, 4.69) is 29.0 Å². The first-order valence-corrected chi connectivity index (χ1v) is 9.88. The van der Waals surface area contributed by atoms with E-state index >= 15 is 0 Å². The van der Waals surface area contributed by atoms with Gasteiger partial charge in [-0.2, -0.15) is 13.2 Å². The van der Waals surface area contributed by atoms with E-state index in [1.807, 2.05) is 0 Å². The number of carbonyl (C=O) groups excluding carboxylic acids is 1. The van der Waals surface area contributed by atoms with Crippen molar-refractivity contribution in [3.63, 3.8) is 0 Å². The molecule has 0 aliphatic heterocycles. The average molecular weight is 419 g/mol. The molecule has 0 atom stereocenters. The maximum Gasteiger partial charge on any atom is 0.417 e. The van der Waals surface area contributed by atoms with Crippen LogP contribution in [0.1, 0.15) is 55.4 Å². The van der Waals surface area contributed by atoms with Crippen LogP contribution in [0.3, 0.4) is 0 Å². The molecular formula is C19H26ClF3N4O. The largest absolute Gasteiger partial charge is 0.417 e. The van der Waals surface area contributed by atoms with Gasteiger partial charge in [0, 0.05) is 12.7 Å². The highest BCUT2D eigenvalue weighted by Gasteiger charge is 2.33. The van der Waals surface area contributed by atoms with Crippen molar-refractivity contribution in [3.8, 4) is 0 Å². The van der Waals surface area contributed by atoms with Crippen molar-refractivity contribution in [1.29, 1.82) is 0 Å². The molecule has 2 aromatic heterocycles. The zero-order valence-electron chi connectivity index (χ0n) is 16.4. The SMILES string of the molecule is CCc1nc2c(Cl)cc(C(F)(F)F)cn2c1C(=O)NCCCCN(CC)CC. The smallest absolute Gasteiger partial charge is 0.351 e. The topological polar surface area (TPSA) is 49.6 Å². The summed E-state index contributed by atoms with van der Waals surface area (Å²) in [4.78, 5) is 19.2. The van der Waals surface area contributed by atoms with E-state index in [9.17, 15) is 18.0 Å². The third-order valence-electron chi connectivity index (χ3n) is 4.71. The summed E-state index contributed by atoms with van der Waals surface area (Å²) in [6.07, 6.45) is -1.56. The second kappa shape index (κ2) is 9.60. The van der Waals surface area contributed by atoms with Gasteiger partial charge >= 0.3 is 6.18 Å². The van der Waals surface area contributed by atoms with Gasteiger partial charge in [0.25, 0.3) is 5.91 Å².